The number of anilines is 1. The molecule has 0 aliphatic carbocycles. The fourth-order valence-electron chi connectivity index (χ4n) is 6.22. The number of hydrogen-bond donors (Lipinski definition) is 0. The summed E-state index contributed by atoms with van der Waals surface area (Å²) in [4.78, 5) is 5.17. The zero-order chi connectivity index (χ0) is 26.1. The Hall–Kier alpha value is -3.30. The zero-order valence-electron chi connectivity index (χ0n) is 23.1. The first-order valence-corrected chi connectivity index (χ1v) is 15.6. The molecule has 3 heteroatoms. The summed E-state index contributed by atoms with van der Waals surface area (Å²) in [7, 11) is 5.21. The van der Waals surface area contributed by atoms with Crippen molar-refractivity contribution in [3.63, 3.8) is 0 Å². The van der Waals surface area contributed by atoms with Crippen molar-refractivity contribution in [2.24, 2.45) is 0 Å². The molecule has 4 aromatic carbocycles. The molecule has 0 fully saturated rings. The number of hydrogen-bond acceptors (Lipinski definition) is 1. The third-order valence-electron chi connectivity index (χ3n) is 8.38. The molecular weight excluding hydrogens is 468 g/mol. The number of nitrogens with zero attached hydrogens (tertiary/aromatic N) is 2. The smallest absolute Gasteiger partial charge is 0.204 e. The van der Waals surface area contributed by atoms with Crippen LogP contribution in [0.4, 0.5) is 5.69 Å². The summed E-state index contributed by atoms with van der Waals surface area (Å²) in [5.41, 5.74) is 12.2. The van der Waals surface area contributed by atoms with Gasteiger partial charge in [-0.3, -0.25) is 0 Å². The van der Waals surface area contributed by atoms with Crippen molar-refractivity contribution in [3.8, 4) is 11.1 Å². The molecule has 2 aliphatic heterocycles. The van der Waals surface area contributed by atoms with Crippen LogP contribution in [0.5, 0.6) is 0 Å². The molecule has 0 amide bonds. The lowest BCUT2D eigenvalue weighted by atomic mass is 9.87. The molecule has 2 aliphatic rings. The molecule has 0 spiro atoms. The van der Waals surface area contributed by atoms with E-state index in [0.717, 1.165) is 13.0 Å². The van der Waals surface area contributed by atoms with Gasteiger partial charge in [-0.1, -0.05) is 42.5 Å². The first-order chi connectivity index (χ1) is 17.7. The SMILES string of the molecule is Cc1cccc(C)c1C1=c2cc3c(cc2S(C)(C)c2cc(-c4ccc(N(C)C)cc4)ccc21)=[N+](C)CC3. The Bertz CT molecular complexity index is 1670. The summed E-state index contributed by atoms with van der Waals surface area (Å²) in [5.74, 6) is 0. The molecule has 0 radical (unpaired) electrons. The average Bonchev–Trinajstić information content (AvgIpc) is 3.24. The van der Waals surface area contributed by atoms with Gasteiger partial charge in [-0.2, -0.15) is 10.0 Å². The first-order valence-electron chi connectivity index (χ1n) is 13.1. The highest BCUT2D eigenvalue weighted by atomic mass is 32.3. The Morgan fingerprint density at radius 3 is 2.14 bits per heavy atom. The molecule has 0 N–H and O–H groups in total. The maximum Gasteiger partial charge on any atom is 0.204 e. The summed E-state index contributed by atoms with van der Waals surface area (Å²) in [6.45, 7) is 5.64. The highest BCUT2D eigenvalue weighted by molar-refractivity contribution is 8.32. The molecule has 37 heavy (non-hydrogen) atoms. The second-order valence-corrected chi connectivity index (χ2v) is 14.8. The van der Waals surface area contributed by atoms with E-state index in [2.05, 4.69) is 130 Å². The summed E-state index contributed by atoms with van der Waals surface area (Å²) < 4.78 is 2.43. The molecule has 0 aromatic heterocycles. The Morgan fingerprint density at radius 2 is 1.46 bits per heavy atom. The van der Waals surface area contributed by atoms with Gasteiger partial charge in [0.25, 0.3) is 0 Å². The van der Waals surface area contributed by atoms with Crippen LogP contribution >= 0.6 is 10.0 Å². The van der Waals surface area contributed by atoms with Crippen LogP contribution in [0.25, 0.3) is 16.7 Å². The molecule has 0 atom stereocenters. The molecular formula is C34H37N2S+. The van der Waals surface area contributed by atoms with Crippen molar-refractivity contribution in [3.05, 3.63) is 111 Å². The Balaban J connectivity index is 1.68. The lowest BCUT2D eigenvalue weighted by Gasteiger charge is -2.39. The molecule has 0 bridgehead atoms. The van der Waals surface area contributed by atoms with Crippen molar-refractivity contribution >= 4 is 21.3 Å². The van der Waals surface area contributed by atoms with Crippen LogP contribution < -0.4 is 20.1 Å². The maximum absolute atomic E-state index is 2.53. The minimum atomic E-state index is -1.22. The molecule has 0 unspecified atom stereocenters. The molecule has 2 heterocycles. The Kier molecular flexibility index (Phi) is 5.61. The van der Waals surface area contributed by atoms with E-state index in [0.29, 0.717) is 0 Å². The Morgan fingerprint density at radius 1 is 0.784 bits per heavy atom. The lowest BCUT2D eigenvalue weighted by Crippen LogP contribution is -2.29. The summed E-state index contributed by atoms with van der Waals surface area (Å²) >= 11 is 0. The highest BCUT2D eigenvalue weighted by Crippen LogP contribution is 2.60. The van der Waals surface area contributed by atoms with E-state index in [1.807, 2.05) is 0 Å². The lowest BCUT2D eigenvalue weighted by molar-refractivity contribution is 0.719. The first kappa shape index (κ1) is 24.1. The summed E-state index contributed by atoms with van der Waals surface area (Å²) in [6.07, 6.45) is 6.11. The van der Waals surface area contributed by atoms with E-state index < -0.39 is 10.0 Å². The van der Waals surface area contributed by atoms with Crippen molar-refractivity contribution in [2.45, 2.75) is 30.1 Å². The maximum atomic E-state index is 2.53. The van der Waals surface area contributed by atoms with Crippen LogP contribution in [0, 0.1) is 13.8 Å². The van der Waals surface area contributed by atoms with E-state index in [-0.39, 0.29) is 0 Å². The van der Waals surface area contributed by atoms with Crippen molar-refractivity contribution < 1.29 is 0 Å². The highest BCUT2D eigenvalue weighted by Gasteiger charge is 2.33. The van der Waals surface area contributed by atoms with Gasteiger partial charge >= 0.3 is 0 Å². The van der Waals surface area contributed by atoms with E-state index in [1.54, 1.807) is 0 Å². The largest absolute Gasteiger partial charge is 0.378 e. The van der Waals surface area contributed by atoms with Crippen LogP contribution in [-0.2, 0) is 6.42 Å². The molecule has 0 saturated heterocycles. The zero-order valence-corrected chi connectivity index (χ0v) is 24.0. The summed E-state index contributed by atoms with van der Waals surface area (Å²) in [6, 6.07) is 28.0. The Labute approximate surface area is 222 Å². The predicted octanol–water partition coefficient (Wildman–Crippen LogP) is 5.76. The van der Waals surface area contributed by atoms with Gasteiger partial charge in [0.2, 0.25) is 5.36 Å². The van der Waals surface area contributed by atoms with Crippen LogP contribution in [0.1, 0.15) is 27.8 Å². The van der Waals surface area contributed by atoms with Gasteiger partial charge in [0.1, 0.15) is 13.6 Å². The van der Waals surface area contributed by atoms with E-state index >= 15 is 0 Å². The average molecular weight is 506 g/mol. The van der Waals surface area contributed by atoms with Crippen LogP contribution in [0.3, 0.4) is 0 Å². The number of benzene rings is 4. The topological polar surface area (TPSA) is 6.25 Å². The monoisotopic (exact) mass is 505 g/mol. The predicted molar refractivity (Wildman–Crippen MR) is 161 cm³/mol. The molecule has 6 rings (SSSR count). The van der Waals surface area contributed by atoms with Gasteiger partial charge < -0.3 is 4.90 Å². The van der Waals surface area contributed by atoms with Gasteiger partial charge in [0.15, 0.2) is 0 Å². The van der Waals surface area contributed by atoms with Crippen LogP contribution in [0.2, 0.25) is 0 Å². The quantitative estimate of drug-likeness (QED) is 0.321. The standard InChI is InChI=1S/C34H37N2S/c1-22-9-8-10-23(2)33(22)34-28-16-13-25(24-11-14-27(15-12-24)35(3)4)20-31(28)37(6,7)32-21-30-26(19-29(32)34)17-18-36(30)5/h8-16,19-21H,17-18H2,1-7H3/q+1. The minimum Gasteiger partial charge on any atom is -0.378 e. The van der Waals surface area contributed by atoms with E-state index in [4.69, 9.17) is 0 Å². The number of aryl methyl sites for hydroxylation is 2. The van der Waals surface area contributed by atoms with Gasteiger partial charge in [-0.05, 0) is 94.8 Å². The van der Waals surface area contributed by atoms with Crippen molar-refractivity contribution in [1.82, 2.24) is 4.58 Å². The number of likely N-dealkylation sites (N-methyl/N-ethyl adjacent to an activating group) is 1. The van der Waals surface area contributed by atoms with Crippen LogP contribution in [-0.4, -0.2) is 40.2 Å². The minimum absolute atomic E-state index is 1.10. The number of fused-ring (bicyclic) bond motifs is 3. The second-order valence-electron chi connectivity index (χ2n) is 11.3. The molecule has 0 saturated carbocycles. The van der Waals surface area contributed by atoms with Gasteiger partial charge in [-0.15, -0.1) is 0 Å². The van der Waals surface area contributed by atoms with Crippen molar-refractivity contribution in [1.29, 1.82) is 0 Å². The van der Waals surface area contributed by atoms with E-state index in [9.17, 15) is 0 Å². The van der Waals surface area contributed by atoms with Gasteiger partial charge in [0, 0.05) is 47.6 Å². The third-order valence-corrected chi connectivity index (χ3v) is 11.3. The fourth-order valence-corrected chi connectivity index (χ4v) is 8.72. The van der Waals surface area contributed by atoms with Gasteiger partial charge in [0.05, 0.1) is 0 Å². The van der Waals surface area contributed by atoms with Crippen molar-refractivity contribution in [2.75, 3.05) is 45.1 Å². The third kappa shape index (κ3) is 3.75. The fraction of sp³-hybridized carbons (Fsp3) is 0.265. The molecule has 2 nitrogen and oxygen atoms in total. The normalized spacial score (nSPS) is 16.2. The summed E-state index contributed by atoms with van der Waals surface area (Å²) in [5, 5.41) is 2.86. The molecule has 4 aromatic rings. The van der Waals surface area contributed by atoms with Gasteiger partial charge in [-0.25, -0.2) is 4.58 Å². The van der Waals surface area contributed by atoms with Crippen LogP contribution in [0.15, 0.2) is 82.6 Å². The second kappa shape index (κ2) is 8.63. The van der Waals surface area contributed by atoms with E-state index in [1.165, 1.54) is 70.6 Å². The number of rotatable bonds is 3. The molecule has 188 valence electrons.